The number of nitrogens with one attached hydrogen (secondary N) is 1. The molecule has 144 valence electrons. The average Bonchev–Trinajstić information content (AvgIpc) is 3.23. The van der Waals surface area contributed by atoms with E-state index in [1.807, 2.05) is 0 Å². The van der Waals surface area contributed by atoms with E-state index in [1.54, 1.807) is 23.1 Å². The van der Waals surface area contributed by atoms with Crippen molar-refractivity contribution in [3.8, 4) is 0 Å². The number of rotatable bonds is 6. The zero-order chi connectivity index (χ0) is 18.9. The Morgan fingerprint density at radius 3 is 2.50 bits per heavy atom. The fourth-order valence-electron chi connectivity index (χ4n) is 4.01. The van der Waals surface area contributed by atoms with Gasteiger partial charge in [0.2, 0.25) is 15.9 Å². The molecule has 3 rings (SSSR count). The Labute approximate surface area is 156 Å². The normalized spacial score (nSPS) is 19.2. The van der Waals surface area contributed by atoms with Crippen LogP contribution in [0.2, 0.25) is 0 Å². The van der Waals surface area contributed by atoms with E-state index < -0.39 is 10.0 Å². The second-order valence-corrected chi connectivity index (χ2v) is 9.38. The zero-order valence-electron chi connectivity index (χ0n) is 15.9. The molecule has 1 fully saturated rings. The molecule has 0 bridgehead atoms. The molecule has 6 nitrogen and oxygen atoms in total. The topological polar surface area (TPSA) is 69.7 Å². The van der Waals surface area contributed by atoms with Gasteiger partial charge in [0.15, 0.2) is 0 Å². The molecule has 1 aromatic carbocycles. The average molecular weight is 380 g/mol. The van der Waals surface area contributed by atoms with E-state index in [1.165, 1.54) is 19.8 Å². The van der Waals surface area contributed by atoms with E-state index in [2.05, 4.69) is 23.5 Å². The molecule has 0 aromatic heterocycles. The van der Waals surface area contributed by atoms with Gasteiger partial charge in [0.05, 0.1) is 4.90 Å². The van der Waals surface area contributed by atoms with Crippen LogP contribution >= 0.6 is 0 Å². The lowest BCUT2D eigenvalue weighted by Gasteiger charge is -2.30. The maximum Gasteiger partial charge on any atom is 0.240 e. The van der Waals surface area contributed by atoms with Crippen molar-refractivity contribution >= 4 is 21.6 Å². The van der Waals surface area contributed by atoms with E-state index in [0.29, 0.717) is 25.4 Å². The molecule has 1 atom stereocenters. The summed E-state index contributed by atoms with van der Waals surface area (Å²) in [4.78, 5) is 16.0. The van der Waals surface area contributed by atoms with Crippen LogP contribution in [0.15, 0.2) is 23.1 Å². The summed E-state index contributed by atoms with van der Waals surface area (Å²) in [6.45, 7) is 8.95. The summed E-state index contributed by atoms with van der Waals surface area (Å²) in [5.41, 5.74) is 1.75. The Balaban J connectivity index is 1.73. The van der Waals surface area contributed by atoms with Crippen molar-refractivity contribution in [1.29, 1.82) is 0 Å². The standard InChI is InChI=1S/C19H29N3O3S/c1-14(2)19(21-9-4-5-10-21)13-20-26(24,25)17-6-7-18-16(12-17)8-11-22(18)15(3)23/h6-7,12,14,19-20H,4-5,8-11,13H2,1-3H3. The molecule has 2 heterocycles. The van der Waals surface area contributed by atoms with E-state index in [9.17, 15) is 13.2 Å². The van der Waals surface area contributed by atoms with E-state index in [0.717, 1.165) is 24.3 Å². The number of benzene rings is 1. The van der Waals surface area contributed by atoms with Crippen LogP contribution in [0.1, 0.15) is 39.2 Å². The third-order valence-electron chi connectivity index (χ3n) is 5.50. The van der Waals surface area contributed by atoms with Gasteiger partial charge in [0, 0.05) is 31.7 Å². The van der Waals surface area contributed by atoms with Crippen LogP contribution in [0, 0.1) is 5.92 Å². The predicted octanol–water partition coefficient (Wildman–Crippen LogP) is 1.99. The van der Waals surface area contributed by atoms with Crippen molar-refractivity contribution in [2.24, 2.45) is 5.92 Å². The minimum Gasteiger partial charge on any atom is -0.312 e. The molecule has 2 aliphatic heterocycles. The second-order valence-electron chi connectivity index (χ2n) is 7.62. The van der Waals surface area contributed by atoms with Gasteiger partial charge in [-0.05, 0) is 62.0 Å². The first-order valence-corrected chi connectivity index (χ1v) is 10.9. The van der Waals surface area contributed by atoms with Gasteiger partial charge in [0.25, 0.3) is 0 Å². The fraction of sp³-hybridized carbons (Fsp3) is 0.632. The lowest BCUT2D eigenvalue weighted by molar-refractivity contribution is -0.116. The van der Waals surface area contributed by atoms with Crippen LogP contribution in [0.3, 0.4) is 0 Å². The van der Waals surface area contributed by atoms with E-state index in [4.69, 9.17) is 0 Å². The van der Waals surface area contributed by atoms with Crippen LogP contribution < -0.4 is 9.62 Å². The van der Waals surface area contributed by atoms with Crippen LogP contribution in [0.25, 0.3) is 0 Å². The molecular formula is C19H29N3O3S. The zero-order valence-corrected chi connectivity index (χ0v) is 16.7. The number of hydrogen-bond acceptors (Lipinski definition) is 4. The van der Waals surface area contributed by atoms with Crippen molar-refractivity contribution in [3.63, 3.8) is 0 Å². The number of anilines is 1. The maximum atomic E-state index is 12.8. The van der Waals surface area contributed by atoms with Crippen molar-refractivity contribution in [3.05, 3.63) is 23.8 Å². The first-order valence-electron chi connectivity index (χ1n) is 9.44. The molecular weight excluding hydrogens is 350 g/mol. The quantitative estimate of drug-likeness (QED) is 0.821. The number of nitrogens with zero attached hydrogens (tertiary/aromatic N) is 2. The van der Waals surface area contributed by atoms with Crippen LogP contribution in [0.4, 0.5) is 5.69 Å². The van der Waals surface area contributed by atoms with Crippen molar-refractivity contribution in [2.45, 2.75) is 51.0 Å². The Morgan fingerprint density at radius 1 is 1.19 bits per heavy atom. The van der Waals surface area contributed by atoms with Gasteiger partial charge in [-0.25, -0.2) is 13.1 Å². The summed E-state index contributed by atoms with van der Waals surface area (Å²) in [6.07, 6.45) is 3.07. The first-order chi connectivity index (χ1) is 12.3. The molecule has 1 saturated heterocycles. The smallest absolute Gasteiger partial charge is 0.240 e. The highest BCUT2D eigenvalue weighted by atomic mass is 32.2. The predicted molar refractivity (Wildman–Crippen MR) is 103 cm³/mol. The van der Waals surface area contributed by atoms with E-state index in [-0.39, 0.29) is 16.8 Å². The van der Waals surface area contributed by atoms with Gasteiger partial charge in [0.1, 0.15) is 0 Å². The monoisotopic (exact) mass is 379 g/mol. The summed E-state index contributed by atoms with van der Waals surface area (Å²) < 4.78 is 28.4. The SMILES string of the molecule is CC(=O)N1CCc2cc(S(=O)(=O)NCC(C(C)C)N3CCCC3)ccc21. The van der Waals surface area contributed by atoms with Gasteiger partial charge in [-0.15, -0.1) is 0 Å². The Kier molecular flexibility index (Phi) is 5.69. The molecule has 1 aromatic rings. The summed E-state index contributed by atoms with van der Waals surface area (Å²) in [6, 6.07) is 5.28. The highest BCUT2D eigenvalue weighted by molar-refractivity contribution is 7.89. The van der Waals surface area contributed by atoms with Crippen LogP contribution in [-0.4, -0.2) is 51.4 Å². The molecule has 1 unspecified atom stereocenters. The Morgan fingerprint density at radius 2 is 1.88 bits per heavy atom. The third-order valence-corrected chi connectivity index (χ3v) is 6.92. The third kappa shape index (κ3) is 3.94. The number of hydrogen-bond donors (Lipinski definition) is 1. The summed E-state index contributed by atoms with van der Waals surface area (Å²) in [5, 5.41) is 0. The lowest BCUT2D eigenvalue weighted by atomic mass is 10.0. The van der Waals surface area contributed by atoms with Gasteiger partial charge in [-0.3, -0.25) is 9.69 Å². The van der Waals surface area contributed by atoms with Gasteiger partial charge >= 0.3 is 0 Å². The minimum absolute atomic E-state index is 0.0112. The molecule has 7 heteroatoms. The lowest BCUT2D eigenvalue weighted by Crippen LogP contribution is -2.45. The van der Waals surface area contributed by atoms with Crippen LogP contribution in [0.5, 0.6) is 0 Å². The Hall–Kier alpha value is -1.44. The van der Waals surface area contributed by atoms with Crippen molar-refractivity contribution in [2.75, 3.05) is 31.1 Å². The fourth-order valence-corrected chi connectivity index (χ4v) is 5.11. The number of carbonyl (C=O) groups excluding carboxylic acids is 1. The second kappa shape index (κ2) is 7.66. The molecule has 0 radical (unpaired) electrons. The first kappa shape index (κ1) is 19.3. The highest BCUT2D eigenvalue weighted by Gasteiger charge is 2.28. The molecule has 2 aliphatic rings. The van der Waals surface area contributed by atoms with Gasteiger partial charge < -0.3 is 4.90 Å². The molecule has 1 amide bonds. The minimum atomic E-state index is -3.56. The van der Waals surface area contributed by atoms with Crippen molar-refractivity contribution < 1.29 is 13.2 Å². The molecule has 0 saturated carbocycles. The van der Waals surface area contributed by atoms with Gasteiger partial charge in [-0.2, -0.15) is 0 Å². The Bertz CT molecular complexity index is 770. The molecule has 1 N–H and O–H groups in total. The summed E-state index contributed by atoms with van der Waals surface area (Å²) >= 11 is 0. The number of sulfonamides is 1. The van der Waals surface area contributed by atoms with Gasteiger partial charge in [-0.1, -0.05) is 13.8 Å². The van der Waals surface area contributed by atoms with E-state index >= 15 is 0 Å². The highest BCUT2D eigenvalue weighted by Crippen LogP contribution is 2.30. The number of amides is 1. The largest absolute Gasteiger partial charge is 0.312 e. The summed E-state index contributed by atoms with van der Waals surface area (Å²) in [7, 11) is -3.56. The molecule has 0 aliphatic carbocycles. The number of likely N-dealkylation sites (tertiary alicyclic amines) is 1. The molecule has 0 spiro atoms. The van der Waals surface area contributed by atoms with Crippen molar-refractivity contribution in [1.82, 2.24) is 9.62 Å². The maximum absolute atomic E-state index is 12.8. The number of carbonyl (C=O) groups is 1. The van der Waals surface area contributed by atoms with Crippen LogP contribution in [-0.2, 0) is 21.2 Å². The summed E-state index contributed by atoms with van der Waals surface area (Å²) in [5.74, 6) is 0.378. The molecule has 26 heavy (non-hydrogen) atoms. The number of fused-ring (bicyclic) bond motifs is 1.